The van der Waals surface area contributed by atoms with Crippen molar-refractivity contribution in [3.8, 4) is 5.75 Å². The van der Waals surface area contributed by atoms with Crippen LogP contribution in [-0.2, 0) is 11.2 Å². The second-order valence-corrected chi connectivity index (χ2v) is 11.7. The van der Waals surface area contributed by atoms with E-state index in [1.165, 1.54) is 12.4 Å². The van der Waals surface area contributed by atoms with Gasteiger partial charge in [0.05, 0.1) is 28.6 Å². The summed E-state index contributed by atoms with van der Waals surface area (Å²) < 4.78 is 39.4. The third kappa shape index (κ3) is 5.86. The monoisotopic (exact) mass is 569 g/mol. The van der Waals surface area contributed by atoms with Crippen LogP contribution >= 0.6 is 0 Å². The van der Waals surface area contributed by atoms with Crippen LogP contribution in [0.3, 0.4) is 0 Å². The minimum atomic E-state index is -3.23. The van der Waals surface area contributed by atoms with Gasteiger partial charge in [0, 0.05) is 50.7 Å². The van der Waals surface area contributed by atoms with Crippen molar-refractivity contribution in [2.75, 3.05) is 12.3 Å². The van der Waals surface area contributed by atoms with Crippen LogP contribution < -0.4 is 10.5 Å². The molecule has 220 valence electrons. The smallest absolute Gasteiger partial charge is 0.394 e. The SMILES string of the molecule is CC(C)N(CC1OC(n2ccc3c(N)ncnc32)CC1O)C1CC(CCc2nc3ccc(OC(C)(F)F)cc3[nH]2)C1. The van der Waals surface area contributed by atoms with Gasteiger partial charge < -0.3 is 29.9 Å². The lowest BCUT2D eigenvalue weighted by molar-refractivity contribution is -0.158. The molecule has 1 aromatic carbocycles. The molecule has 0 radical (unpaired) electrons. The first-order chi connectivity index (χ1) is 19.5. The Kier molecular flexibility index (Phi) is 7.33. The second-order valence-electron chi connectivity index (χ2n) is 11.7. The van der Waals surface area contributed by atoms with E-state index in [9.17, 15) is 13.9 Å². The van der Waals surface area contributed by atoms with Crippen molar-refractivity contribution in [2.24, 2.45) is 5.92 Å². The van der Waals surface area contributed by atoms with E-state index < -0.39 is 12.2 Å². The Morgan fingerprint density at radius 1 is 1.24 bits per heavy atom. The van der Waals surface area contributed by atoms with Crippen LogP contribution in [0.4, 0.5) is 14.6 Å². The van der Waals surface area contributed by atoms with E-state index >= 15 is 0 Å². The first-order valence-corrected chi connectivity index (χ1v) is 14.3. The zero-order chi connectivity index (χ0) is 28.9. The van der Waals surface area contributed by atoms with Gasteiger partial charge in [-0.25, -0.2) is 15.0 Å². The van der Waals surface area contributed by atoms with Crippen molar-refractivity contribution >= 4 is 27.9 Å². The lowest BCUT2D eigenvalue weighted by atomic mass is 9.76. The van der Waals surface area contributed by atoms with Gasteiger partial charge in [-0.1, -0.05) is 0 Å². The first kappa shape index (κ1) is 27.8. The fourth-order valence-corrected chi connectivity index (χ4v) is 6.24. The number of rotatable bonds is 10. The van der Waals surface area contributed by atoms with Crippen molar-refractivity contribution in [3.05, 3.63) is 42.6 Å². The second kappa shape index (κ2) is 10.8. The molecule has 12 heteroatoms. The zero-order valence-corrected chi connectivity index (χ0v) is 23.5. The maximum absolute atomic E-state index is 13.2. The van der Waals surface area contributed by atoms with Crippen LogP contribution in [0.1, 0.15) is 58.5 Å². The molecule has 0 bridgehead atoms. The number of aliphatic hydroxyl groups is 1. The minimum Gasteiger partial charge on any atom is -0.433 e. The van der Waals surface area contributed by atoms with Crippen LogP contribution in [0.25, 0.3) is 22.1 Å². The Bertz CT molecular complexity index is 1510. The Hall–Kier alpha value is -3.35. The number of benzene rings is 1. The van der Waals surface area contributed by atoms with Crippen LogP contribution in [0.15, 0.2) is 36.8 Å². The average Bonchev–Trinajstić information content (AvgIpc) is 3.58. The van der Waals surface area contributed by atoms with Gasteiger partial charge in [0.15, 0.2) is 0 Å². The quantitative estimate of drug-likeness (QED) is 0.252. The summed E-state index contributed by atoms with van der Waals surface area (Å²) in [5.41, 5.74) is 8.13. The predicted molar refractivity (Wildman–Crippen MR) is 150 cm³/mol. The number of anilines is 1. The minimum absolute atomic E-state index is 0.110. The van der Waals surface area contributed by atoms with E-state index in [0.29, 0.717) is 47.9 Å². The summed E-state index contributed by atoms with van der Waals surface area (Å²) in [6.45, 7) is 5.76. The zero-order valence-electron chi connectivity index (χ0n) is 23.5. The fraction of sp³-hybridized carbons (Fsp3) is 0.552. The number of nitrogens with two attached hydrogens (primary N) is 1. The van der Waals surface area contributed by atoms with Gasteiger partial charge in [0.25, 0.3) is 0 Å². The molecule has 1 saturated heterocycles. The van der Waals surface area contributed by atoms with Gasteiger partial charge in [-0.3, -0.25) is 4.90 Å². The molecule has 4 N–H and O–H groups in total. The van der Waals surface area contributed by atoms with Crippen molar-refractivity contribution in [1.29, 1.82) is 0 Å². The third-order valence-electron chi connectivity index (χ3n) is 8.38. The van der Waals surface area contributed by atoms with Crippen LogP contribution in [0.2, 0.25) is 0 Å². The summed E-state index contributed by atoms with van der Waals surface area (Å²) >= 11 is 0. The van der Waals surface area contributed by atoms with E-state index in [0.717, 1.165) is 49.3 Å². The largest absolute Gasteiger partial charge is 0.433 e. The van der Waals surface area contributed by atoms with Crippen molar-refractivity contribution in [1.82, 2.24) is 29.4 Å². The number of nitrogens with one attached hydrogen (secondary N) is 1. The summed E-state index contributed by atoms with van der Waals surface area (Å²) in [6, 6.07) is 7.41. The normalized spacial score (nSPS) is 25.0. The predicted octanol–water partition coefficient (Wildman–Crippen LogP) is 4.65. The molecular formula is C29H37F2N7O3. The highest BCUT2D eigenvalue weighted by atomic mass is 19.3. The number of alkyl halides is 2. The Balaban J connectivity index is 1.02. The lowest BCUT2D eigenvalue weighted by Gasteiger charge is -2.46. The molecule has 0 amide bonds. The molecule has 1 saturated carbocycles. The molecule has 3 atom stereocenters. The van der Waals surface area contributed by atoms with Gasteiger partial charge in [0.2, 0.25) is 0 Å². The Morgan fingerprint density at radius 3 is 2.80 bits per heavy atom. The third-order valence-corrected chi connectivity index (χ3v) is 8.38. The van der Waals surface area contributed by atoms with E-state index in [2.05, 4.69) is 43.4 Å². The van der Waals surface area contributed by atoms with E-state index in [1.54, 1.807) is 12.1 Å². The number of ether oxygens (including phenoxy) is 2. The van der Waals surface area contributed by atoms with Gasteiger partial charge >= 0.3 is 6.11 Å². The number of imidazole rings is 1. The molecule has 2 aliphatic rings. The maximum atomic E-state index is 13.2. The van der Waals surface area contributed by atoms with E-state index in [-0.39, 0.29) is 18.1 Å². The number of aromatic nitrogens is 5. The first-order valence-electron chi connectivity index (χ1n) is 14.3. The van der Waals surface area contributed by atoms with E-state index in [1.807, 2.05) is 16.8 Å². The summed E-state index contributed by atoms with van der Waals surface area (Å²) in [5, 5.41) is 11.7. The molecule has 3 aromatic heterocycles. The molecule has 1 aliphatic carbocycles. The molecule has 2 fully saturated rings. The fourth-order valence-electron chi connectivity index (χ4n) is 6.24. The summed E-state index contributed by atoms with van der Waals surface area (Å²) in [5.74, 6) is 1.96. The molecule has 6 rings (SSSR count). The van der Waals surface area contributed by atoms with Crippen LogP contribution in [-0.4, -0.2) is 71.5 Å². The molecular weight excluding hydrogens is 532 g/mol. The Morgan fingerprint density at radius 2 is 2.05 bits per heavy atom. The highest BCUT2D eigenvalue weighted by Crippen LogP contribution is 2.38. The molecule has 41 heavy (non-hydrogen) atoms. The van der Waals surface area contributed by atoms with Crippen molar-refractivity contribution in [2.45, 2.75) is 89.5 Å². The van der Waals surface area contributed by atoms with Gasteiger partial charge in [-0.2, -0.15) is 8.78 Å². The lowest BCUT2D eigenvalue weighted by Crippen LogP contribution is -2.52. The summed E-state index contributed by atoms with van der Waals surface area (Å²) in [7, 11) is 0. The number of aliphatic hydroxyl groups excluding tert-OH is 1. The standard InChI is InChI=1S/C29H37F2N7O3/c1-16(2)38(14-24-23(39)13-26(40-24)37-9-8-20-27(32)33-15-34-28(20)37)18-10-17(11-18)4-7-25-35-21-6-5-19(12-22(21)36-25)41-29(3,30)31/h5-6,8-9,12,15-18,23-24,26,39H,4,7,10-11,13-14H2,1-3H3,(H,35,36)(H2,32,33,34). The topological polar surface area (TPSA) is 127 Å². The van der Waals surface area contributed by atoms with Crippen LogP contribution in [0.5, 0.6) is 5.75 Å². The molecule has 1 aliphatic heterocycles. The highest BCUT2D eigenvalue weighted by Gasteiger charge is 2.41. The molecule has 4 aromatic rings. The van der Waals surface area contributed by atoms with Crippen LogP contribution in [0, 0.1) is 5.92 Å². The van der Waals surface area contributed by atoms with Gasteiger partial charge in [-0.15, -0.1) is 0 Å². The number of hydrogen-bond acceptors (Lipinski definition) is 8. The van der Waals surface area contributed by atoms with Gasteiger partial charge in [0.1, 0.15) is 35.6 Å². The molecule has 0 spiro atoms. The number of aromatic amines is 1. The number of H-pyrrole nitrogens is 1. The average molecular weight is 570 g/mol. The number of nitrogen functional groups attached to an aromatic ring is 1. The number of fused-ring (bicyclic) bond motifs is 2. The van der Waals surface area contributed by atoms with Gasteiger partial charge in [-0.05, 0) is 57.2 Å². The summed E-state index contributed by atoms with van der Waals surface area (Å²) in [6.07, 6.45) is 3.36. The van der Waals surface area contributed by atoms with Crippen molar-refractivity contribution in [3.63, 3.8) is 0 Å². The van der Waals surface area contributed by atoms with Crippen molar-refractivity contribution < 1.29 is 23.4 Å². The highest BCUT2D eigenvalue weighted by molar-refractivity contribution is 5.86. The Labute approximate surface area is 236 Å². The molecule has 10 nitrogen and oxygen atoms in total. The molecule has 3 unspecified atom stereocenters. The number of halogens is 2. The summed E-state index contributed by atoms with van der Waals surface area (Å²) in [4.78, 5) is 18.8. The number of nitrogens with zero attached hydrogens (tertiary/aromatic N) is 5. The number of aryl methyl sites for hydroxylation is 1. The number of hydrogen-bond donors (Lipinski definition) is 3. The molecule has 4 heterocycles. The van der Waals surface area contributed by atoms with E-state index in [4.69, 9.17) is 10.5 Å². The maximum Gasteiger partial charge on any atom is 0.394 e.